The molecular formula is C24H20N2O3. The van der Waals surface area contributed by atoms with Gasteiger partial charge in [0.2, 0.25) is 12.7 Å². The number of benzene rings is 3. The minimum atomic E-state index is -0.291. The summed E-state index contributed by atoms with van der Waals surface area (Å²) in [5, 5.41) is 4.16. The third-order valence-corrected chi connectivity index (χ3v) is 5.64. The highest BCUT2D eigenvalue weighted by Gasteiger charge is 2.60. The van der Waals surface area contributed by atoms with Gasteiger partial charge in [0.25, 0.3) is 0 Å². The number of carbonyl (C=O) groups is 1. The van der Waals surface area contributed by atoms with Crippen LogP contribution in [-0.2, 0) is 10.2 Å². The molecular weight excluding hydrogens is 364 g/mol. The van der Waals surface area contributed by atoms with E-state index in [1.54, 1.807) is 6.21 Å². The normalized spacial score (nSPS) is 18.6. The minimum Gasteiger partial charge on any atom is -0.454 e. The monoisotopic (exact) mass is 384 g/mol. The summed E-state index contributed by atoms with van der Waals surface area (Å²) >= 11 is 0. The Morgan fingerprint density at radius 2 is 1.59 bits per heavy atom. The molecule has 1 fully saturated rings. The maximum Gasteiger partial charge on any atom is 0.244 e. The van der Waals surface area contributed by atoms with E-state index in [4.69, 9.17) is 9.47 Å². The van der Waals surface area contributed by atoms with Crippen LogP contribution in [0.3, 0.4) is 0 Å². The van der Waals surface area contributed by atoms with Crippen molar-refractivity contribution in [3.8, 4) is 11.5 Å². The molecule has 1 saturated carbocycles. The Hall–Kier alpha value is -3.60. The number of nitrogens with zero attached hydrogens (tertiary/aromatic N) is 1. The summed E-state index contributed by atoms with van der Waals surface area (Å²) in [7, 11) is 0. The van der Waals surface area contributed by atoms with Crippen molar-refractivity contribution in [3.05, 3.63) is 95.6 Å². The summed E-state index contributed by atoms with van der Waals surface area (Å²) in [5.74, 6) is 1.19. The summed E-state index contributed by atoms with van der Waals surface area (Å²) in [6.07, 6.45) is 2.39. The van der Waals surface area contributed by atoms with Gasteiger partial charge in [-0.3, -0.25) is 4.79 Å². The van der Waals surface area contributed by atoms with Gasteiger partial charge in [0.15, 0.2) is 11.5 Å². The van der Waals surface area contributed by atoms with Gasteiger partial charge in [-0.15, -0.1) is 0 Å². The molecule has 144 valence electrons. The Morgan fingerprint density at radius 1 is 0.931 bits per heavy atom. The van der Waals surface area contributed by atoms with Crippen molar-refractivity contribution in [2.45, 2.75) is 11.8 Å². The van der Waals surface area contributed by atoms with Crippen LogP contribution < -0.4 is 14.9 Å². The topological polar surface area (TPSA) is 59.9 Å². The summed E-state index contributed by atoms with van der Waals surface area (Å²) in [6.45, 7) is 0.232. The number of nitrogens with one attached hydrogen (secondary N) is 1. The Balaban J connectivity index is 1.33. The first kappa shape index (κ1) is 17.5. The second-order valence-electron chi connectivity index (χ2n) is 7.31. The number of carbonyl (C=O) groups excluding carboxylic acids is 1. The molecule has 3 aromatic carbocycles. The maximum absolute atomic E-state index is 12.9. The van der Waals surface area contributed by atoms with Crippen LogP contribution in [0.2, 0.25) is 0 Å². The van der Waals surface area contributed by atoms with Crippen LogP contribution in [0, 0.1) is 5.92 Å². The van der Waals surface area contributed by atoms with E-state index < -0.39 is 0 Å². The minimum absolute atomic E-state index is 0.0744. The second-order valence-corrected chi connectivity index (χ2v) is 7.31. The summed E-state index contributed by atoms with van der Waals surface area (Å²) < 4.78 is 10.7. The molecule has 1 atom stereocenters. The summed E-state index contributed by atoms with van der Waals surface area (Å²) in [4.78, 5) is 12.9. The first-order valence-corrected chi connectivity index (χ1v) is 9.61. The van der Waals surface area contributed by atoms with Crippen molar-refractivity contribution in [1.29, 1.82) is 0 Å². The first-order valence-electron chi connectivity index (χ1n) is 9.61. The molecule has 1 heterocycles. The van der Waals surface area contributed by atoms with Gasteiger partial charge in [-0.1, -0.05) is 60.7 Å². The SMILES string of the molecule is O=C(NN=Cc1ccc2c(c1)OCO2)[C@H]1CC1(c1ccccc1)c1ccccc1. The van der Waals surface area contributed by atoms with Crippen molar-refractivity contribution in [1.82, 2.24) is 5.43 Å². The van der Waals surface area contributed by atoms with Crippen molar-refractivity contribution in [2.75, 3.05) is 6.79 Å². The quantitative estimate of drug-likeness (QED) is 0.537. The van der Waals surface area contributed by atoms with Crippen molar-refractivity contribution >= 4 is 12.1 Å². The van der Waals surface area contributed by atoms with Gasteiger partial charge >= 0.3 is 0 Å². The molecule has 0 bridgehead atoms. The van der Waals surface area contributed by atoms with Gasteiger partial charge in [-0.2, -0.15) is 5.10 Å². The molecule has 0 radical (unpaired) electrons. The first-order chi connectivity index (χ1) is 14.3. The molecule has 5 nitrogen and oxygen atoms in total. The van der Waals surface area contributed by atoms with E-state index in [1.807, 2.05) is 54.6 Å². The zero-order valence-electron chi connectivity index (χ0n) is 15.7. The van der Waals surface area contributed by atoms with Crippen LogP contribution in [0.25, 0.3) is 0 Å². The fourth-order valence-corrected chi connectivity index (χ4v) is 4.10. The lowest BCUT2D eigenvalue weighted by molar-refractivity contribution is -0.122. The summed E-state index contributed by atoms with van der Waals surface area (Å²) in [6, 6.07) is 26.0. The van der Waals surface area contributed by atoms with Gasteiger partial charge < -0.3 is 9.47 Å². The van der Waals surface area contributed by atoms with Crippen LogP contribution in [0.1, 0.15) is 23.1 Å². The van der Waals surface area contributed by atoms with E-state index >= 15 is 0 Å². The van der Waals surface area contributed by atoms with E-state index in [0.717, 1.165) is 28.9 Å². The molecule has 0 aromatic heterocycles. The smallest absolute Gasteiger partial charge is 0.244 e. The molecule has 5 rings (SSSR count). The van der Waals surface area contributed by atoms with Gasteiger partial charge in [0.1, 0.15) is 0 Å². The van der Waals surface area contributed by atoms with Crippen LogP contribution in [0.15, 0.2) is 84.0 Å². The van der Waals surface area contributed by atoms with Crippen molar-refractivity contribution in [3.63, 3.8) is 0 Å². The van der Waals surface area contributed by atoms with E-state index in [9.17, 15) is 4.79 Å². The molecule has 1 aliphatic carbocycles. The number of hydrazone groups is 1. The van der Waals surface area contributed by atoms with E-state index in [-0.39, 0.29) is 24.0 Å². The lowest BCUT2D eigenvalue weighted by atomic mass is 9.85. The predicted octanol–water partition coefficient (Wildman–Crippen LogP) is 3.87. The molecule has 0 unspecified atom stereocenters. The lowest BCUT2D eigenvalue weighted by Crippen LogP contribution is -2.25. The number of amides is 1. The average molecular weight is 384 g/mol. The predicted molar refractivity (Wildman–Crippen MR) is 110 cm³/mol. The molecule has 29 heavy (non-hydrogen) atoms. The molecule has 5 heteroatoms. The number of hydrogen-bond donors (Lipinski definition) is 1. The third kappa shape index (κ3) is 3.14. The standard InChI is InChI=1S/C24H20N2O3/c27-23(26-25-15-17-11-12-21-22(13-17)29-16-28-21)20-14-24(20,18-7-3-1-4-8-18)19-9-5-2-6-10-19/h1-13,15,20H,14,16H2,(H,26,27)/t20-/m1/s1. The highest BCUT2D eigenvalue weighted by molar-refractivity contribution is 5.88. The number of fused-ring (bicyclic) bond motifs is 1. The van der Waals surface area contributed by atoms with Gasteiger partial charge in [-0.25, -0.2) is 5.43 Å². The number of rotatable bonds is 5. The summed E-state index contributed by atoms with van der Waals surface area (Å²) in [5.41, 5.74) is 5.58. The lowest BCUT2D eigenvalue weighted by Gasteiger charge is -2.18. The molecule has 1 N–H and O–H groups in total. The van der Waals surface area contributed by atoms with E-state index in [2.05, 4.69) is 34.8 Å². The van der Waals surface area contributed by atoms with Gasteiger partial charge in [-0.05, 0) is 41.3 Å². The largest absolute Gasteiger partial charge is 0.454 e. The second kappa shape index (κ2) is 7.09. The van der Waals surface area contributed by atoms with E-state index in [1.165, 1.54) is 0 Å². The van der Waals surface area contributed by atoms with Crippen LogP contribution in [0.5, 0.6) is 11.5 Å². The molecule has 1 amide bonds. The van der Waals surface area contributed by atoms with Gasteiger partial charge in [0, 0.05) is 5.41 Å². The Labute approximate surface area is 169 Å². The molecule has 1 aliphatic heterocycles. The van der Waals surface area contributed by atoms with E-state index in [0.29, 0.717) is 5.75 Å². The number of ether oxygens (including phenoxy) is 2. The molecule has 3 aromatic rings. The average Bonchev–Trinajstić information content (AvgIpc) is 3.38. The maximum atomic E-state index is 12.9. The van der Waals surface area contributed by atoms with Gasteiger partial charge in [0.05, 0.1) is 12.1 Å². The van der Waals surface area contributed by atoms with Crippen molar-refractivity contribution < 1.29 is 14.3 Å². The fraction of sp³-hybridized carbons (Fsp3) is 0.167. The molecule has 2 aliphatic rings. The van der Waals surface area contributed by atoms with Crippen LogP contribution in [-0.4, -0.2) is 18.9 Å². The highest BCUT2D eigenvalue weighted by atomic mass is 16.7. The zero-order valence-corrected chi connectivity index (χ0v) is 15.7. The third-order valence-electron chi connectivity index (χ3n) is 5.64. The highest BCUT2D eigenvalue weighted by Crippen LogP contribution is 2.58. The Morgan fingerprint density at radius 3 is 2.28 bits per heavy atom. The van der Waals surface area contributed by atoms with Crippen molar-refractivity contribution in [2.24, 2.45) is 11.0 Å². The Bertz CT molecular complexity index is 1020. The Kier molecular flexibility index (Phi) is 4.28. The zero-order chi connectivity index (χ0) is 19.7. The number of hydrogen-bond acceptors (Lipinski definition) is 4. The molecule has 0 spiro atoms. The van der Waals surface area contributed by atoms with Crippen LogP contribution in [0.4, 0.5) is 0 Å². The molecule has 0 saturated heterocycles. The fourth-order valence-electron chi connectivity index (χ4n) is 4.10. The van der Waals surface area contributed by atoms with Crippen LogP contribution >= 0.6 is 0 Å².